The van der Waals surface area contributed by atoms with Gasteiger partial charge in [0.1, 0.15) is 5.69 Å². The van der Waals surface area contributed by atoms with Crippen LogP contribution in [0.4, 0.5) is 4.79 Å². The predicted molar refractivity (Wildman–Crippen MR) is 95.4 cm³/mol. The summed E-state index contributed by atoms with van der Waals surface area (Å²) in [5.41, 5.74) is 0.521. The summed E-state index contributed by atoms with van der Waals surface area (Å²) in [5, 5.41) is 3.87. The molecule has 1 saturated heterocycles. The van der Waals surface area contributed by atoms with Gasteiger partial charge in [-0.15, -0.1) is 0 Å². The average molecular weight is 346 g/mol. The molecule has 3 amide bonds. The maximum atomic E-state index is 12.7. The van der Waals surface area contributed by atoms with E-state index in [4.69, 9.17) is 0 Å². The summed E-state index contributed by atoms with van der Waals surface area (Å²) in [7, 11) is 0. The molecular weight excluding hydrogens is 324 g/mol. The van der Waals surface area contributed by atoms with Crippen molar-refractivity contribution in [1.29, 1.82) is 0 Å². The summed E-state index contributed by atoms with van der Waals surface area (Å²) < 4.78 is 5.35. The summed E-state index contributed by atoms with van der Waals surface area (Å²) in [6, 6.07) is 7.89. The Bertz CT molecular complexity index is 737. The molecule has 128 valence electrons. The highest BCUT2D eigenvalue weighted by Crippen LogP contribution is 2.23. The van der Waals surface area contributed by atoms with Crippen molar-refractivity contribution in [3.8, 4) is 0 Å². The first-order valence-corrected chi connectivity index (χ1v) is 9.06. The number of nitrogens with one attached hydrogen (secondary N) is 1. The van der Waals surface area contributed by atoms with E-state index in [0.717, 1.165) is 16.5 Å². The number of hydrogen-bond donors (Lipinski definition) is 1. The molecule has 0 spiro atoms. The second kappa shape index (κ2) is 7.17. The van der Waals surface area contributed by atoms with Crippen molar-refractivity contribution < 1.29 is 9.59 Å². The number of benzene rings is 1. The Morgan fingerprint density at radius 1 is 1.21 bits per heavy atom. The lowest BCUT2D eigenvalue weighted by atomic mass is 10.2. The monoisotopic (exact) mass is 346 g/mol. The van der Waals surface area contributed by atoms with Gasteiger partial charge in [-0.2, -0.15) is 4.37 Å². The van der Waals surface area contributed by atoms with Gasteiger partial charge in [0.15, 0.2) is 0 Å². The van der Waals surface area contributed by atoms with Crippen LogP contribution < -0.4 is 5.32 Å². The van der Waals surface area contributed by atoms with E-state index in [2.05, 4.69) is 9.69 Å². The van der Waals surface area contributed by atoms with Gasteiger partial charge >= 0.3 is 6.03 Å². The van der Waals surface area contributed by atoms with Crippen molar-refractivity contribution in [3.63, 3.8) is 0 Å². The minimum Gasteiger partial charge on any atom is -0.336 e. The molecule has 1 unspecified atom stereocenters. The first kappa shape index (κ1) is 16.7. The van der Waals surface area contributed by atoms with Crippen LogP contribution in [0.1, 0.15) is 30.8 Å². The van der Waals surface area contributed by atoms with E-state index in [-0.39, 0.29) is 18.0 Å². The van der Waals surface area contributed by atoms with Gasteiger partial charge in [0.25, 0.3) is 5.91 Å². The van der Waals surface area contributed by atoms with Crippen LogP contribution in [0.3, 0.4) is 0 Å². The maximum absolute atomic E-state index is 12.7. The first-order chi connectivity index (χ1) is 11.6. The predicted octanol–water partition coefficient (Wildman–Crippen LogP) is 2.56. The summed E-state index contributed by atoms with van der Waals surface area (Å²) in [6.45, 7) is 6.22. The Morgan fingerprint density at radius 2 is 1.88 bits per heavy atom. The summed E-state index contributed by atoms with van der Waals surface area (Å²) >= 11 is 1.35. The second-order valence-electron chi connectivity index (χ2n) is 6.07. The van der Waals surface area contributed by atoms with Gasteiger partial charge in [0.2, 0.25) is 0 Å². The number of urea groups is 1. The molecule has 24 heavy (non-hydrogen) atoms. The van der Waals surface area contributed by atoms with Crippen molar-refractivity contribution >= 4 is 33.6 Å². The lowest BCUT2D eigenvalue weighted by molar-refractivity contribution is 0.0661. The third kappa shape index (κ3) is 3.36. The van der Waals surface area contributed by atoms with E-state index in [1.165, 1.54) is 11.5 Å². The van der Waals surface area contributed by atoms with Crippen molar-refractivity contribution in [3.05, 3.63) is 30.0 Å². The number of carbonyl (C=O) groups excluding carboxylic acids is 2. The number of aromatic nitrogens is 1. The zero-order chi connectivity index (χ0) is 17.1. The van der Waals surface area contributed by atoms with Gasteiger partial charge < -0.3 is 15.1 Å². The molecule has 3 rings (SSSR count). The van der Waals surface area contributed by atoms with Crippen molar-refractivity contribution in [1.82, 2.24) is 19.5 Å². The molecule has 2 heterocycles. The number of amides is 3. The summed E-state index contributed by atoms with van der Waals surface area (Å²) in [4.78, 5) is 28.4. The van der Waals surface area contributed by atoms with E-state index in [1.807, 2.05) is 38.1 Å². The molecule has 1 atom stereocenters. The highest BCUT2D eigenvalue weighted by Gasteiger charge is 2.27. The SMILES string of the molecule is CCC(C)NC(=O)N1CCN(C(=O)c2nsc3ccccc23)CC1. The number of carbonyl (C=O) groups is 2. The molecule has 1 aromatic heterocycles. The Labute approximate surface area is 145 Å². The molecule has 1 aliphatic rings. The van der Waals surface area contributed by atoms with E-state index < -0.39 is 0 Å². The number of nitrogens with zero attached hydrogens (tertiary/aromatic N) is 3. The Kier molecular flexibility index (Phi) is 4.99. The molecule has 6 nitrogen and oxygen atoms in total. The third-order valence-corrected chi connectivity index (χ3v) is 5.24. The number of fused-ring (bicyclic) bond motifs is 1. The minimum atomic E-state index is -0.0468. The van der Waals surface area contributed by atoms with Crippen LogP contribution in [0.25, 0.3) is 10.1 Å². The van der Waals surface area contributed by atoms with Crippen LogP contribution in [0.15, 0.2) is 24.3 Å². The molecule has 0 bridgehead atoms. The molecule has 2 aromatic rings. The van der Waals surface area contributed by atoms with Gasteiger partial charge in [0.05, 0.1) is 4.70 Å². The quantitative estimate of drug-likeness (QED) is 0.929. The van der Waals surface area contributed by atoms with Gasteiger partial charge in [0, 0.05) is 37.6 Å². The van der Waals surface area contributed by atoms with Crippen LogP contribution in [0, 0.1) is 0 Å². The number of hydrogen-bond acceptors (Lipinski definition) is 4. The van der Waals surface area contributed by atoms with Crippen LogP contribution in [0.5, 0.6) is 0 Å². The molecule has 1 fully saturated rings. The fraction of sp³-hybridized carbons (Fsp3) is 0.471. The second-order valence-corrected chi connectivity index (χ2v) is 6.87. The van der Waals surface area contributed by atoms with Crippen molar-refractivity contribution in [2.45, 2.75) is 26.3 Å². The largest absolute Gasteiger partial charge is 0.336 e. The van der Waals surface area contributed by atoms with Crippen LogP contribution in [-0.2, 0) is 0 Å². The fourth-order valence-electron chi connectivity index (χ4n) is 2.71. The Balaban J connectivity index is 1.62. The van der Waals surface area contributed by atoms with Crippen LogP contribution in [-0.4, -0.2) is 58.3 Å². The molecule has 7 heteroatoms. The van der Waals surface area contributed by atoms with Gasteiger partial charge in [-0.3, -0.25) is 4.79 Å². The first-order valence-electron chi connectivity index (χ1n) is 8.29. The zero-order valence-electron chi connectivity index (χ0n) is 14.0. The molecule has 1 aromatic carbocycles. The van der Waals surface area contributed by atoms with Gasteiger partial charge in [-0.05, 0) is 30.9 Å². The smallest absolute Gasteiger partial charge is 0.317 e. The molecule has 0 aliphatic carbocycles. The van der Waals surface area contributed by atoms with E-state index >= 15 is 0 Å². The fourth-order valence-corrected chi connectivity index (χ4v) is 3.48. The van der Waals surface area contributed by atoms with Gasteiger partial charge in [-0.1, -0.05) is 25.1 Å². The van der Waals surface area contributed by atoms with Crippen molar-refractivity contribution in [2.75, 3.05) is 26.2 Å². The van der Waals surface area contributed by atoms with E-state index in [0.29, 0.717) is 31.9 Å². The molecule has 0 radical (unpaired) electrons. The topological polar surface area (TPSA) is 65.5 Å². The molecular formula is C17H22N4O2S. The molecule has 1 N–H and O–H groups in total. The standard InChI is InChI=1S/C17H22N4O2S/c1-3-12(2)18-17(23)21-10-8-20(9-11-21)16(22)15-13-6-4-5-7-14(13)24-19-15/h4-7,12H,3,8-11H2,1-2H3,(H,18,23). The summed E-state index contributed by atoms with van der Waals surface area (Å²) in [6.07, 6.45) is 0.904. The lowest BCUT2D eigenvalue weighted by Gasteiger charge is -2.35. The highest BCUT2D eigenvalue weighted by atomic mass is 32.1. The molecule has 0 saturated carbocycles. The van der Waals surface area contributed by atoms with Crippen LogP contribution in [0.2, 0.25) is 0 Å². The third-order valence-electron chi connectivity index (χ3n) is 4.42. The normalized spacial score (nSPS) is 16.2. The van der Waals surface area contributed by atoms with Crippen LogP contribution >= 0.6 is 11.5 Å². The summed E-state index contributed by atoms with van der Waals surface area (Å²) in [5.74, 6) is -0.0468. The van der Waals surface area contributed by atoms with E-state index in [1.54, 1.807) is 9.80 Å². The minimum absolute atomic E-state index is 0.0458. The maximum Gasteiger partial charge on any atom is 0.317 e. The molecule has 1 aliphatic heterocycles. The number of rotatable bonds is 3. The lowest BCUT2D eigenvalue weighted by Crippen LogP contribution is -2.54. The average Bonchev–Trinajstić information content (AvgIpc) is 3.05. The Hall–Kier alpha value is -2.15. The van der Waals surface area contributed by atoms with Gasteiger partial charge in [-0.25, -0.2) is 4.79 Å². The Morgan fingerprint density at radius 3 is 2.58 bits per heavy atom. The van der Waals surface area contributed by atoms with Crippen molar-refractivity contribution in [2.24, 2.45) is 0 Å². The highest BCUT2D eigenvalue weighted by molar-refractivity contribution is 7.13. The zero-order valence-corrected chi connectivity index (χ0v) is 14.8. The van der Waals surface area contributed by atoms with E-state index in [9.17, 15) is 9.59 Å². The number of piperazine rings is 1.